The molecule has 1 fully saturated rings. The lowest BCUT2D eigenvalue weighted by atomic mass is 10.3. The molecule has 126 valence electrons. The van der Waals surface area contributed by atoms with Crippen LogP contribution < -0.4 is 0 Å². The van der Waals surface area contributed by atoms with Gasteiger partial charge in [-0.2, -0.15) is 4.31 Å². The average Bonchev–Trinajstić information content (AvgIpc) is 3.06. The normalized spacial score (nSPS) is 17.7. The van der Waals surface area contributed by atoms with Crippen molar-refractivity contribution in [2.24, 2.45) is 0 Å². The number of hydrogen-bond acceptors (Lipinski definition) is 7. The van der Waals surface area contributed by atoms with Gasteiger partial charge in [0.1, 0.15) is 10.0 Å². The Bertz CT molecular complexity index is 794. The number of rotatable bonds is 4. The van der Waals surface area contributed by atoms with E-state index >= 15 is 0 Å². The van der Waals surface area contributed by atoms with Crippen LogP contribution >= 0.6 is 34.5 Å². The quantitative estimate of drug-likeness (QED) is 0.799. The molecule has 2 aromatic rings. The molecule has 1 aliphatic heterocycles. The zero-order valence-electron chi connectivity index (χ0n) is 12.8. The van der Waals surface area contributed by atoms with Gasteiger partial charge in [0.2, 0.25) is 10.0 Å². The summed E-state index contributed by atoms with van der Waals surface area (Å²) in [5.41, 5.74) is 0.761. The summed E-state index contributed by atoms with van der Waals surface area (Å²) in [4.78, 5) is 4.47. The number of aryl methyl sites for hydroxylation is 2. The fourth-order valence-electron chi connectivity index (χ4n) is 2.63. The third-order valence-corrected chi connectivity index (χ3v) is 7.93. The van der Waals surface area contributed by atoms with Crippen LogP contribution in [0.1, 0.15) is 15.4 Å². The van der Waals surface area contributed by atoms with Gasteiger partial charge in [0.15, 0.2) is 0 Å². The summed E-state index contributed by atoms with van der Waals surface area (Å²) in [6, 6.07) is 1.77. The molecule has 0 unspecified atom stereocenters. The van der Waals surface area contributed by atoms with Crippen molar-refractivity contribution in [1.29, 1.82) is 0 Å². The van der Waals surface area contributed by atoms with Crippen molar-refractivity contribution in [1.82, 2.24) is 18.8 Å². The van der Waals surface area contributed by atoms with Gasteiger partial charge in [-0.25, -0.2) is 8.42 Å². The Hall–Kier alpha value is -0.580. The van der Waals surface area contributed by atoms with E-state index in [2.05, 4.69) is 14.5 Å². The molecule has 10 heteroatoms. The van der Waals surface area contributed by atoms with Crippen LogP contribution in [0.25, 0.3) is 0 Å². The number of piperazine rings is 1. The maximum atomic E-state index is 12.8. The van der Waals surface area contributed by atoms with Crippen molar-refractivity contribution in [3.63, 3.8) is 0 Å². The molecule has 3 heterocycles. The molecule has 6 nitrogen and oxygen atoms in total. The van der Waals surface area contributed by atoms with E-state index in [1.54, 1.807) is 10.4 Å². The van der Waals surface area contributed by atoms with E-state index in [9.17, 15) is 8.42 Å². The first-order valence-electron chi connectivity index (χ1n) is 7.14. The van der Waals surface area contributed by atoms with Crippen molar-refractivity contribution in [2.75, 3.05) is 26.2 Å². The Morgan fingerprint density at radius 3 is 2.48 bits per heavy atom. The highest BCUT2D eigenvalue weighted by Gasteiger charge is 2.30. The fraction of sp³-hybridized carbons (Fsp3) is 0.538. The summed E-state index contributed by atoms with van der Waals surface area (Å²) < 4.78 is 31.5. The molecule has 0 N–H and O–H groups in total. The third kappa shape index (κ3) is 3.59. The van der Waals surface area contributed by atoms with Crippen LogP contribution in [0.3, 0.4) is 0 Å². The Balaban J connectivity index is 1.66. The van der Waals surface area contributed by atoms with Crippen LogP contribution in [0.15, 0.2) is 11.0 Å². The predicted octanol–water partition coefficient (Wildman–Crippen LogP) is 2.38. The molecule has 0 atom stereocenters. The second kappa shape index (κ2) is 6.73. The summed E-state index contributed by atoms with van der Waals surface area (Å²) in [5, 5.41) is 4.00. The standard InChI is InChI=1S/C13H17ClN4O2S3/c1-9-7-12(10(2)21-9)23(19,20)18-5-3-17(4-6-18)8-11-13(14)22-16-15-11/h7H,3-6,8H2,1-2H3. The minimum Gasteiger partial charge on any atom is -0.295 e. The maximum absolute atomic E-state index is 12.8. The van der Waals surface area contributed by atoms with Gasteiger partial charge in [0.05, 0.1) is 4.90 Å². The van der Waals surface area contributed by atoms with E-state index in [0.29, 0.717) is 42.0 Å². The molecule has 0 spiro atoms. The molecule has 3 rings (SSSR count). The zero-order valence-corrected chi connectivity index (χ0v) is 16.0. The van der Waals surface area contributed by atoms with Gasteiger partial charge in [0, 0.05) is 54.0 Å². The topological polar surface area (TPSA) is 66.4 Å². The van der Waals surface area contributed by atoms with Gasteiger partial charge < -0.3 is 0 Å². The van der Waals surface area contributed by atoms with E-state index in [1.165, 1.54) is 22.9 Å². The lowest BCUT2D eigenvalue weighted by molar-refractivity contribution is 0.180. The largest absolute Gasteiger partial charge is 0.295 e. The lowest BCUT2D eigenvalue weighted by Crippen LogP contribution is -2.48. The molecule has 0 bridgehead atoms. The molecule has 0 radical (unpaired) electrons. The van der Waals surface area contributed by atoms with Crippen molar-refractivity contribution >= 4 is 44.5 Å². The molecular formula is C13H17ClN4O2S3. The Morgan fingerprint density at radius 1 is 1.26 bits per heavy atom. The summed E-state index contributed by atoms with van der Waals surface area (Å²) >= 11 is 8.71. The van der Waals surface area contributed by atoms with Gasteiger partial charge >= 0.3 is 0 Å². The highest BCUT2D eigenvalue weighted by Crippen LogP contribution is 2.28. The van der Waals surface area contributed by atoms with Crippen molar-refractivity contribution in [3.05, 3.63) is 25.9 Å². The van der Waals surface area contributed by atoms with Crippen LogP contribution in [0, 0.1) is 13.8 Å². The van der Waals surface area contributed by atoms with Crippen LogP contribution in [0.2, 0.25) is 4.34 Å². The van der Waals surface area contributed by atoms with Crippen molar-refractivity contribution < 1.29 is 8.42 Å². The average molecular weight is 393 g/mol. The fourth-order valence-corrected chi connectivity index (χ4v) is 6.19. The van der Waals surface area contributed by atoms with E-state index < -0.39 is 10.0 Å². The summed E-state index contributed by atoms with van der Waals surface area (Å²) in [6.45, 7) is 6.68. The first kappa shape index (κ1) is 17.2. The smallest absolute Gasteiger partial charge is 0.244 e. The zero-order chi connectivity index (χ0) is 16.6. The van der Waals surface area contributed by atoms with Crippen LogP contribution in [-0.4, -0.2) is 53.4 Å². The van der Waals surface area contributed by atoms with Crippen molar-refractivity contribution in [3.8, 4) is 0 Å². The van der Waals surface area contributed by atoms with E-state index in [4.69, 9.17) is 11.6 Å². The first-order chi connectivity index (χ1) is 10.9. The number of nitrogens with zero attached hydrogens (tertiary/aromatic N) is 4. The molecule has 23 heavy (non-hydrogen) atoms. The second-order valence-corrected chi connectivity index (χ2v) is 10.2. The van der Waals surface area contributed by atoms with Gasteiger partial charge in [-0.05, 0) is 19.9 Å². The monoisotopic (exact) mass is 392 g/mol. The van der Waals surface area contributed by atoms with Crippen LogP contribution in [0.5, 0.6) is 0 Å². The summed E-state index contributed by atoms with van der Waals surface area (Å²) in [5.74, 6) is 0. The lowest BCUT2D eigenvalue weighted by Gasteiger charge is -2.33. The molecular weight excluding hydrogens is 376 g/mol. The molecule has 1 aliphatic rings. The maximum Gasteiger partial charge on any atom is 0.244 e. The predicted molar refractivity (Wildman–Crippen MR) is 92.7 cm³/mol. The highest BCUT2D eigenvalue weighted by molar-refractivity contribution is 7.89. The molecule has 0 saturated carbocycles. The molecule has 2 aromatic heterocycles. The van der Waals surface area contributed by atoms with Crippen LogP contribution in [0.4, 0.5) is 0 Å². The Labute approximate surface area is 148 Å². The van der Waals surface area contributed by atoms with Gasteiger partial charge in [0.25, 0.3) is 0 Å². The summed E-state index contributed by atoms with van der Waals surface area (Å²) in [7, 11) is -3.40. The third-order valence-electron chi connectivity index (χ3n) is 3.83. The SMILES string of the molecule is Cc1cc(S(=O)(=O)N2CCN(Cc3nnsc3Cl)CC2)c(C)s1. The Morgan fingerprint density at radius 2 is 1.96 bits per heavy atom. The van der Waals surface area contributed by atoms with Gasteiger partial charge in [-0.1, -0.05) is 16.1 Å². The second-order valence-electron chi connectivity index (χ2n) is 5.45. The van der Waals surface area contributed by atoms with E-state index in [0.717, 1.165) is 15.4 Å². The molecule has 0 amide bonds. The minimum atomic E-state index is -3.40. The molecule has 0 aliphatic carbocycles. The minimum absolute atomic E-state index is 0.445. The van der Waals surface area contributed by atoms with Gasteiger partial charge in [-0.3, -0.25) is 4.90 Å². The van der Waals surface area contributed by atoms with Gasteiger partial charge in [-0.15, -0.1) is 16.4 Å². The first-order valence-corrected chi connectivity index (χ1v) is 10.5. The number of sulfonamides is 1. The highest BCUT2D eigenvalue weighted by atomic mass is 35.5. The number of thiophene rings is 1. The number of aromatic nitrogens is 2. The molecule has 1 saturated heterocycles. The molecule has 0 aromatic carbocycles. The Kier molecular flexibility index (Phi) is 5.05. The van der Waals surface area contributed by atoms with E-state index in [-0.39, 0.29) is 0 Å². The van der Waals surface area contributed by atoms with Crippen LogP contribution in [-0.2, 0) is 16.6 Å². The van der Waals surface area contributed by atoms with E-state index in [1.807, 2.05) is 13.8 Å². The number of hydrogen-bond donors (Lipinski definition) is 0. The number of halogens is 1. The summed E-state index contributed by atoms with van der Waals surface area (Å²) in [6.07, 6.45) is 0. The van der Waals surface area contributed by atoms with Crippen molar-refractivity contribution in [2.45, 2.75) is 25.3 Å².